The lowest BCUT2D eigenvalue weighted by Gasteiger charge is -2.34. The van der Waals surface area contributed by atoms with Crippen molar-refractivity contribution in [3.63, 3.8) is 0 Å². The Balaban J connectivity index is 1.46. The van der Waals surface area contributed by atoms with Crippen molar-refractivity contribution in [1.82, 2.24) is 4.90 Å². The van der Waals surface area contributed by atoms with Crippen LogP contribution in [0.2, 0.25) is 0 Å². The molecule has 0 radical (unpaired) electrons. The molecule has 0 saturated carbocycles. The number of rotatable bonds is 5. The first-order valence-electron chi connectivity index (χ1n) is 8.08. The Morgan fingerprint density at radius 1 is 0.955 bits per heavy atom. The van der Waals surface area contributed by atoms with Crippen LogP contribution in [0.5, 0.6) is 0 Å². The molecule has 1 aliphatic heterocycles. The van der Waals surface area contributed by atoms with E-state index in [1.807, 2.05) is 36.4 Å². The van der Waals surface area contributed by atoms with Crippen molar-refractivity contribution in [2.45, 2.75) is 25.0 Å². The number of likely N-dealkylation sites (tertiary alicyclic amines) is 1. The van der Waals surface area contributed by atoms with Gasteiger partial charge in [0.1, 0.15) is 0 Å². The number of nitrogens with zero attached hydrogens (tertiary/aromatic N) is 1. The van der Waals surface area contributed by atoms with Gasteiger partial charge >= 0.3 is 0 Å². The van der Waals surface area contributed by atoms with Gasteiger partial charge in [0, 0.05) is 31.4 Å². The van der Waals surface area contributed by atoms with Crippen LogP contribution >= 0.6 is 0 Å². The fourth-order valence-corrected chi connectivity index (χ4v) is 3.06. The van der Waals surface area contributed by atoms with E-state index in [0.29, 0.717) is 6.04 Å². The van der Waals surface area contributed by atoms with E-state index in [1.165, 1.54) is 5.69 Å². The van der Waals surface area contributed by atoms with Gasteiger partial charge in [0.05, 0.1) is 6.10 Å². The summed E-state index contributed by atoms with van der Waals surface area (Å²) in [5.41, 5.74) is 2.21. The number of β-amino-alcohol motifs (C(OH)–C–C–N with tert-alkyl or cyclic N) is 1. The Morgan fingerprint density at radius 2 is 1.55 bits per heavy atom. The summed E-state index contributed by atoms with van der Waals surface area (Å²) in [6.07, 6.45) is 1.85. The molecule has 1 aliphatic rings. The van der Waals surface area contributed by atoms with Gasteiger partial charge < -0.3 is 15.3 Å². The molecular formula is C19H24N2O. The molecule has 2 aromatic rings. The fraction of sp³-hybridized carbons (Fsp3) is 0.368. The van der Waals surface area contributed by atoms with Crippen LogP contribution in [0, 0.1) is 0 Å². The zero-order valence-corrected chi connectivity index (χ0v) is 12.9. The molecule has 3 heteroatoms. The lowest BCUT2D eigenvalue weighted by molar-refractivity contribution is 0.0991. The highest BCUT2D eigenvalue weighted by Crippen LogP contribution is 2.19. The summed E-state index contributed by atoms with van der Waals surface area (Å²) in [4.78, 5) is 2.36. The fourth-order valence-electron chi connectivity index (χ4n) is 3.06. The molecule has 1 saturated heterocycles. The minimum atomic E-state index is -0.389. The van der Waals surface area contributed by atoms with E-state index in [0.717, 1.165) is 38.0 Å². The van der Waals surface area contributed by atoms with Crippen LogP contribution in [-0.4, -0.2) is 35.7 Å². The van der Waals surface area contributed by atoms with Gasteiger partial charge in [-0.1, -0.05) is 48.5 Å². The first-order valence-corrected chi connectivity index (χ1v) is 8.08. The number of piperidine rings is 1. The highest BCUT2D eigenvalue weighted by Gasteiger charge is 2.21. The third-order valence-corrected chi connectivity index (χ3v) is 4.35. The van der Waals surface area contributed by atoms with Crippen molar-refractivity contribution in [1.29, 1.82) is 0 Å². The number of aliphatic hydroxyl groups excluding tert-OH is 1. The Morgan fingerprint density at radius 3 is 2.18 bits per heavy atom. The van der Waals surface area contributed by atoms with E-state index in [9.17, 15) is 5.11 Å². The SMILES string of the molecule is OC(CN1CCC(Nc2ccccc2)CC1)c1ccccc1. The zero-order chi connectivity index (χ0) is 15.2. The Hall–Kier alpha value is -1.84. The molecule has 1 atom stereocenters. The molecule has 0 bridgehead atoms. The van der Waals surface area contributed by atoms with Crippen LogP contribution in [0.25, 0.3) is 0 Å². The third kappa shape index (κ3) is 4.09. The van der Waals surface area contributed by atoms with Crippen LogP contribution in [0.3, 0.4) is 0 Å². The molecule has 3 rings (SSSR count). The summed E-state index contributed by atoms with van der Waals surface area (Å²) in [6.45, 7) is 2.80. The molecule has 116 valence electrons. The van der Waals surface area contributed by atoms with Gasteiger partial charge in [-0.2, -0.15) is 0 Å². The third-order valence-electron chi connectivity index (χ3n) is 4.35. The predicted octanol–water partition coefficient (Wildman–Crippen LogP) is 3.30. The maximum atomic E-state index is 10.3. The quantitative estimate of drug-likeness (QED) is 0.888. The molecule has 22 heavy (non-hydrogen) atoms. The van der Waals surface area contributed by atoms with Gasteiger partial charge in [-0.05, 0) is 30.5 Å². The van der Waals surface area contributed by atoms with Crippen LogP contribution in [0.15, 0.2) is 60.7 Å². The number of nitrogens with one attached hydrogen (secondary N) is 1. The number of hydrogen-bond acceptors (Lipinski definition) is 3. The maximum Gasteiger partial charge on any atom is 0.0916 e. The first kappa shape index (κ1) is 15.1. The Labute approximate surface area is 132 Å². The molecular weight excluding hydrogens is 272 g/mol. The minimum Gasteiger partial charge on any atom is -0.387 e. The van der Waals surface area contributed by atoms with Crippen LogP contribution in [-0.2, 0) is 0 Å². The summed E-state index contributed by atoms with van der Waals surface area (Å²) in [5.74, 6) is 0. The lowest BCUT2D eigenvalue weighted by atomic mass is 10.0. The molecule has 2 N–H and O–H groups in total. The topological polar surface area (TPSA) is 35.5 Å². The summed E-state index contributed by atoms with van der Waals surface area (Å²) in [6, 6.07) is 20.9. The van der Waals surface area contributed by atoms with E-state index in [-0.39, 0.29) is 6.10 Å². The first-order chi connectivity index (χ1) is 10.8. The highest BCUT2D eigenvalue weighted by atomic mass is 16.3. The van der Waals surface area contributed by atoms with Gasteiger partial charge in [0.15, 0.2) is 0 Å². The molecule has 1 heterocycles. The van der Waals surface area contributed by atoms with E-state index >= 15 is 0 Å². The second-order valence-corrected chi connectivity index (χ2v) is 6.01. The van der Waals surface area contributed by atoms with Crippen LogP contribution < -0.4 is 5.32 Å². The number of aliphatic hydroxyl groups is 1. The second kappa shape index (κ2) is 7.43. The van der Waals surface area contributed by atoms with Gasteiger partial charge in [0.2, 0.25) is 0 Å². The average molecular weight is 296 g/mol. The zero-order valence-electron chi connectivity index (χ0n) is 12.9. The number of benzene rings is 2. The van der Waals surface area contributed by atoms with Crippen molar-refractivity contribution in [2.24, 2.45) is 0 Å². The van der Waals surface area contributed by atoms with Crippen LogP contribution in [0.1, 0.15) is 24.5 Å². The maximum absolute atomic E-state index is 10.3. The molecule has 2 aromatic carbocycles. The van der Waals surface area contributed by atoms with Crippen LogP contribution in [0.4, 0.5) is 5.69 Å². The van der Waals surface area contributed by atoms with Gasteiger partial charge in [-0.15, -0.1) is 0 Å². The molecule has 0 aliphatic carbocycles. The molecule has 1 fully saturated rings. The second-order valence-electron chi connectivity index (χ2n) is 6.01. The molecule has 0 spiro atoms. The Bertz CT molecular complexity index is 550. The van der Waals surface area contributed by atoms with E-state index in [2.05, 4.69) is 34.5 Å². The lowest BCUT2D eigenvalue weighted by Crippen LogP contribution is -2.40. The van der Waals surface area contributed by atoms with E-state index in [4.69, 9.17) is 0 Å². The van der Waals surface area contributed by atoms with Gasteiger partial charge in [0.25, 0.3) is 0 Å². The van der Waals surface area contributed by atoms with Gasteiger partial charge in [-0.25, -0.2) is 0 Å². The van der Waals surface area contributed by atoms with E-state index in [1.54, 1.807) is 0 Å². The summed E-state index contributed by atoms with van der Waals surface area (Å²) < 4.78 is 0. The van der Waals surface area contributed by atoms with Crippen molar-refractivity contribution in [3.05, 3.63) is 66.2 Å². The largest absolute Gasteiger partial charge is 0.387 e. The van der Waals surface area contributed by atoms with Crippen molar-refractivity contribution < 1.29 is 5.11 Å². The molecule has 0 aromatic heterocycles. The molecule has 3 nitrogen and oxygen atoms in total. The number of hydrogen-bond donors (Lipinski definition) is 2. The van der Waals surface area contributed by atoms with Crippen molar-refractivity contribution >= 4 is 5.69 Å². The van der Waals surface area contributed by atoms with Crippen molar-refractivity contribution in [2.75, 3.05) is 25.0 Å². The highest BCUT2D eigenvalue weighted by molar-refractivity contribution is 5.43. The van der Waals surface area contributed by atoms with Gasteiger partial charge in [-0.3, -0.25) is 0 Å². The number of anilines is 1. The smallest absolute Gasteiger partial charge is 0.0916 e. The predicted molar refractivity (Wildman–Crippen MR) is 90.9 cm³/mol. The summed E-state index contributed by atoms with van der Waals surface area (Å²) >= 11 is 0. The van der Waals surface area contributed by atoms with E-state index < -0.39 is 0 Å². The number of para-hydroxylation sites is 1. The Kier molecular flexibility index (Phi) is 5.09. The standard InChI is InChI=1S/C19H24N2O/c22-19(16-7-3-1-4-8-16)15-21-13-11-18(12-14-21)20-17-9-5-2-6-10-17/h1-10,18-20,22H,11-15H2. The monoisotopic (exact) mass is 296 g/mol. The summed E-state index contributed by atoms with van der Waals surface area (Å²) in [5, 5.41) is 13.9. The minimum absolute atomic E-state index is 0.389. The molecule has 1 unspecified atom stereocenters. The van der Waals surface area contributed by atoms with Crippen molar-refractivity contribution in [3.8, 4) is 0 Å². The normalized spacial score (nSPS) is 18.0. The summed E-state index contributed by atoms with van der Waals surface area (Å²) in [7, 11) is 0. The average Bonchev–Trinajstić information content (AvgIpc) is 2.58. The molecule has 0 amide bonds.